The first-order valence-electron chi connectivity index (χ1n) is 6.94. The molecule has 0 aromatic heterocycles. The van der Waals surface area contributed by atoms with Crippen molar-refractivity contribution in [1.82, 2.24) is 5.32 Å². The van der Waals surface area contributed by atoms with Crippen molar-refractivity contribution in [3.63, 3.8) is 0 Å². The normalized spacial score (nSPS) is 11.9. The van der Waals surface area contributed by atoms with Crippen LogP contribution in [-0.4, -0.2) is 5.91 Å². The lowest BCUT2D eigenvalue weighted by Gasteiger charge is -2.14. The number of rotatable bonds is 5. The van der Waals surface area contributed by atoms with Crippen molar-refractivity contribution in [3.05, 3.63) is 64.7 Å². The number of anilines is 1. The van der Waals surface area contributed by atoms with Gasteiger partial charge in [0.15, 0.2) is 0 Å². The summed E-state index contributed by atoms with van der Waals surface area (Å²) >= 11 is 5.86. The third kappa shape index (κ3) is 4.50. The molecule has 0 saturated heterocycles. The zero-order chi connectivity index (χ0) is 15.2. The summed E-state index contributed by atoms with van der Waals surface area (Å²) < 4.78 is 0. The summed E-state index contributed by atoms with van der Waals surface area (Å²) in [6.07, 6.45) is 1.07. The molecule has 0 radical (unpaired) electrons. The Balaban J connectivity index is 1.87. The average molecular weight is 303 g/mol. The molecule has 0 saturated carbocycles. The van der Waals surface area contributed by atoms with E-state index in [9.17, 15) is 4.79 Å². The molecule has 0 aliphatic heterocycles. The molecule has 1 amide bonds. The molecular weight excluding hydrogens is 284 g/mol. The van der Waals surface area contributed by atoms with Gasteiger partial charge in [0.1, 0.15) is 0 Å². The van der Waals surface area contributed by atoms with Crippen molar-refractivity contribution in [2.75, 3.05) is 5.73 Å². The third-order valence-electron chi connectivity index (χ3n) is 3.42. The maximum atomic E-state index is 12.0. The van der Waals surface area contributed by atoms with Crippen LogP contribution in [0.5, 0.6) is 0 Å². The quantitative estimate of drug-likeness (QED) is 0.827. The van der Waals surface area contributed by atoms with Crippen LogP contribution < -0.4 is 11.1 Å². The maximum Gasteiger partial charge on any atom is 0.220 e. The maximum absolute atomic E-state index is 12.0. The number of carbonyl (C=O) groups excluding carboxylic acids is 1. The zero-order valence-corrected chi connectivity index (χ0v) is 12.7. The van der Waals surface area contributed by atoms with Gasteiger partial charge in [-0.3, -0.25) is 4.79 Å². The SMILES string of the molecule is C[C@@H](NC(=O)CCc1ccccc1N)c1ccc(Cl)cc1. The number of aryl methyl sites for hydroxylation is 1. The van der Waals surface area contributed by atoms with E-state index in [4.69, 9.17) is 17.3 Å². The Morgan fingerprint density at radius 3 is 2.52 bits per heavy atom. The molecule has 4 heteroatoms. The van der Waals surface area contributed by atoms with E-state index >= 15 is 0 Å². The fourth-order valence-electron chi connectivity index (χ4n) is 2.16. The molecular formula is C17H19ClN2O. The van der Waals surface area contributed by atoms with Gasteiger partial charge in [0.05, 0.1) is 6.04 Å². The summed E-state index contributed by atoms with van der Waals surface area (Å²) in [6.45, 7) is 1.96. The third-order valence-corrected chi connectivity index (χ3v) is 3.68. The van der Waals surface area contributed by atoms with Crippen molar-refractivity contribution in [2.24, 2.45) is 0 Å². The molecule has 0 aliphatic carbocycles. The minimum absolute atomic E-state index is 0.0145. The van der Waals surface area contributed by atoms with Crippen LogP contribution in [0.1, 0.15) is 30.5 Å². The van der Waals surface area contributed by atoms with Crippen molar-refractivity contribution in [2.45, 2.75) is 25.8 Å². The van der Waals surface area contributed by atoms with E-state index in [1.807, 2.05) is 55.5 Å². The number of nitrogens with two attached hydrogens (primary N) is 1. The van der Waals surface area contributed by atoms with Gasteiger partial charge in [0, 0.05) is 17.1 Å². The van der Waals surface area contributed by atoms with E-state index in [-0.39, 0.29) is 11.9 Å². The number of hydrogen-bond donors (Lipinski definition) is 2. The number of benzene rings is 2. The summed E-state index contributed by atoms with van der Waals surface area (Å²) in [7, 11) is 0. The standard InChI is InChI=1S/C17H19ClN2O/c1-12(13-6-9-15(18)10-7-13)20-17(21)11-8-14-4-2-3-5-16(14)19/h2-7,9-10,12H,8,11,19H2,1H3,(H,20,21)/t12-/m1/s1. The van der Waals surface area contributed by atoms with Crippen LogP contribution in [0.2, 0.25) is 5.02 Å². The Hall–Kier alpha value is -2.00. The smallest absolute Gasteiger partial charge is 0.220 e. The highest BCUT2D eigenvalue weighted by atomic mass is 35.5. The number of hydrogen-bond acceptors (Lipinski definition) is 2. The van der Waals surface area contributed by atoms with E-state index in [2.05, 4.69) is 5.32 Å². The average Bonchev–Trinajstić information content (AvgIpc) is 2.47. The van der Waals surface area contributed by atoms with Gasteiger partial charge >= 0.3 is 0 Å². The molecule has 0 unspecified atom stereocenters. The Morgan fingerprint density at radius 2 is 1.86 bits per heavy atom. The first-order valence-corrected chi connectivity index (χ1v) is 7.32. The highest BCUT2D eigenvalue weighted by Crippen LogP contribution is 2.17. The van der Waals surface area contributed by atoms with Crippen LogP contribution in [0.4, 0.5) is 5.69 Å². The molecule has 21 heavy (non-hydrogen) atoms. The van der Waals surface area contributed by atoms with Crippen LogP contribution in [0.15, 0.2) is 48.5 Å². The predicted octanol–water partition coefficient (Wildman–Crippen LogP) is 3.73. The second-order valence-corrected chi connectivity index (χ2v) is 5.48. The minimum atomic E-state index is -0.0390. The molecule has 0 heterocycles. The predicted molar refractivity (Wildman–Crippen MR) is 87.2 cm³/mol. The van der Waals surface area contributed by atoms with Crippen molar-refractivity contribution in [3.8, 4) is 0 Å². The summed E-state index contributed by atoms with van der Waals surface area (Å²) in [4.78, 5) is 12.0. The van der Waals surface area contributed by atoms with Gasteiger partial charge in [-0.15, -0.1) is 0 Å². The van der Waals surface area contributed by atoms with E-state index in [0.717, 1.165) is 16.8 Å². The summed E-state index contributed by atoms with van der Waals surface area (Å²) in [6, 6.07) is 15.1. The number of para-hydroxylation sites is 1. The molecule has 110 valence electrons. The van der Waals surface area contributed by atoms with Gasteiger partial charge in [-0.2, -0.15) is 0 Å². The number of nitrogens with one attached hydrogen (secondary N) is 1. The van der Waals surface area contributed by atoms with E-state index in [0.29, 0.717) is 17.9 Å². The molecule has 0 aliphatic rings. The first-order chi connectivity index (χ1) is 10.1. The Bertz CT molecular complexity index is 610. The molecule has 3 nitrogen and oxygen atoms in total. The summed E-state index contributed by atoms with van der Waals surface area (Å²) in [5.41, 5.74) is 8.64. The molecule has 2 aromatic carbocycles. The molecule has 1 atom stereocenters. The second kappa shape index (κ2) is 7.14. The van der Waals surface area contributed by atoms with Crippen molar-refractivity contribution in [1.29, 1.82) is 0 Å². The van der Waals surface area contributed by atoms with Gasteiger partial charge in [-0.25, -0.2) is 0 Å². The lowest BCUT2D eigenvalue weighted by Crippen LogP contribution is -2.26. The Labute approximate surface area is 130 Å². The van der Waals surface area contributed by atoms with Crippen LogP contribution in [-0.2, 0) is 11.2 Å². The van der Waals surface area contributed by atoms with Crippen molar-refractivity contribution >= 4 is 23.2 Å². The minimum Gasteiger partial charge on any atom is -0.399 e. The second-order valence-electron chi connectivity index (χ2n) is 5.04. The van der Waals surface area contributed by atoms with Crippen molar-refractivity contribution < 1.29 is 4.79 Å². The first kappa shape index (κ1) is 15.4. The fraction of sp³-hybridized carbons (Fsp3) is 0.235. The van der Waals surface area contributed by atoms with Gasteiger partial charge in [0.25, 0.3) is 0 Å². The largest absolute Gasteiger partial charge is 0.399 e. The Kier molecular flexibility index (Phi) is 5.23. The van der Waals surface area contributed by atoms with Crippen LogP contribution >= 0.6 is 11.6 Å². The fourth-order valence-corrected chi connectivity index (χ4v) is 2.28. The highest BCUT2D eigenvalue weighted by molar-refractivity contribution is 6.30. The van der Waals surface area contributed by atoms with E-state index < -0.39 is 0 Å². The molecule has 0 bridgehead atoms. The van der Waals surface area contributed by atoms with Gasteiger partial charge < -0.3 is 11.1 Å². The lowest BCUT2D eigenvalue weighted by molar-refractivity contribution is -0.121. The van der Waals surface area contributed by atoms with Gasteiger partial charge in [0.2, 0.25) is 5.91 Å². The van der Waals surface area contributed by atoms with Crippen LogP contribution in [0.3, 0.4) is 0 Å². The number of halogens is 1. The highest BCUT2D eigenvalue weighted by Gasteiger charge is 2.10. The molecule has 0 spiro atoms. The van der Waals surface area contributed by atoms with E-state index in [1.54, 1.807) is 0 Å². The summed E-state index contributed by atoms with van der Waals surface area (Å²) in [5, 5.41) is 3.67. The molecule has 3 N–H and O–H groups in total. The Morgan fingerprint density at radius 1 is 1.19 bits per heavy atom. The topological polar surface area (TPSA) is 55.1 Å². The number of nitrogen functional groups attached to an aromatic ring is 1. The zero-order valence-electron chi connectivity index (χ0n) is 12.0. The monoisotopic (exact) mass is 302 g/mol. The van der Waals surface area contributed by atoms with Gasteiger partial charge in [-0.05, 0) is 42.7 Å². The molecule has 2 rings (SSSR count). The summed E-state index contributed by atoms with van der Waals surface area (Å²) in [5.74, 6) is 0.0145. The van der Waals surface area contributed by atoms with Crippen LogP contribution in [0, 0.1) is 0 Å². The molecule has 0 fully saturated rings. The number of carbonyl (C=O) groups is 1. The lowest BCUT2D eigenvalue weighted by atomic mass is 10.1. The van der Waals surface area contributed by atoms with Gasteiger partial charge in [-0.1, -0.05) is 41.9 Å². The van der Waals surface area contributed by atoms with E-state index in [1.165, 1.54) is 0 Å². The number of amides is 1. The van der Waals surface area contributed by atoms with Crippen LogP contribution in [0.25, 0.3) is 0 Å². The molecule has 2 aromatic rings.